The van der Waals surface area contributed by atoms with Crippen molar-refractivity contribution in [1.29, 1.82) is 5.26 Å². The molecule has 4 heteroatoms. The zero-order valence-electron chi connectivity index (χ0n) is 11.3. The number of hydrogen-bond acceptors (Lipinski definition) is 3. The molecule has 0 amide bonds. The molecule has 1 aliphatic heterocycles. The first-order valence-electron chi connectivity index (χ1n) is 6.68. The molecular formula is C15H19FN2O. The molecule has 3 nitrogen and oxygen atoms in total. The summed E-state index contributed by atoms with van der Waals surface area (Å²) in [6, 6.07) is 6.69. The minimum atomic E-state index is -0.369. The van der Waals surface area contributed by atoms with Gasteiger partial charge in [0.05, 0.1) is 23.4 Å². The molecule has 0 aromatic heterocycles. The molecule has 1 fully saturated rings. The largest absolute Gasteiger partial charge is 0.380 e. The molecule has 2 atom stereocenters. The van der Waals surface area contributed by atoms with Crippen molar-refractivity contribution < 1.29 is 9.13 Å². The third-order valence-corrected chi connectivity index (χ3v) is 3.52. The van der Waals surface area contributed by atoms with Gasteiger partial charge in [-0.25, -0.2) is 4.39 Å². The van der Waals surface area contributed by atoms with E-state index in [0.717, 1.165) is 12.8 Å². The van der Waals surface area contributed by atoms with Crippen LogP contribution in [0, 0.1) is 23.1 Å². The van der Waals surface area contributed by atoms with Gasteiger partial charge in [-0.2, -0.15) is 5.26 Å². The lowest BCUT2D eigenvalue weighted by Crippen LogP contribution is -2.36. The average Bonchev–Trinajstić information content (AvgIpc) is 2.41. The van der Waals surface area contributed by atoms with Gasteiger partial charge >= 0.3 is 0 Å². The molecule has 0 saturated carbocycles. The Morgan fingerprint density at radius 2 is 2.26 bits per heavy atom. The molecule has 1 aromatic rings. The first kappa shape index (κ1) is 13.8. The Bertz CT molecular complexity index is 482. The van der Waals surface area contributed by atoms with Crippen molar-refractivity contribution in [3.63, 3.8) is 0 Å². The van der Waals surface area contributed by atoms with Gasteiger partial charge < -0.3 is 10.1 Å². The van der Waals surface area contributed by atoms with E-state index in [9.17, 15) is 4.39 Å². The van der Waals surface area contributed by atoms with Crippen LogP contribution in [0.25, 0.3) is 0 Å². The minimum absolute atomic E-state index is 0.226. The predicted molar refractivity (Wildman–Crippen MR) is 72.3 cm³/mol. The summed E-state index contributed by atoms with van der Waals surface area (Å²) in [5.74, 6) is 0.0991. The van der Waals surface area contributed by atoms with Gasteiger partial charge in [-0.1, -0.05) is 13.8 Å². The van der Waals surface area contributed by atoms with Crippen LogP contribution in [0.4, 0.5) is 10.1 Å². The second kappa shape index (κ2) is 6.03. The normalized spacial score (nSPS) is 23.1. The SMILES string of the molecule is CC(C)C1CC(Nc2ccc(C#N)cc2F)CCO1. The number of halogens is 1. The summed E-state index contributed by atoms with van der Waals surface area (Å²) >= 11 is 0. The van der Waals surface area contributed by atoms with E-state index in [0.29, 0.717) is 23.8 Å². The molecule has 1 saturated heterocycles. The second-order valence-corrected chi connectivity index (χ2v) is 5.33. The highest BCUT2D eigenvalue weighted by atomic mass is 19.1. The number of nitriles is 1. The Labute approximate surface area is 113 Å². The van der Waals surface area contributed by atoms with Gasteiger partial charge in [-0.3, -0.25) is 0 Å². The van der Waals surface area contributed by atoms with Crippen molar-refractivity contribution in [2.24, 2.45) is 5.92 Å². The maximum atomic E-state index is 13.8. The summed E-state index contributed by atoms with van der Waals surface area (Å²) in [5, 5.41) is 11.9. The number of nitrogens with one attached hydrogen (secondary N) is 1. The molecule has 0 bridgehead atoms. The zero-order chi connectivity index (χ0) is 13.8. The highest BCUT2D eigenvalue weighted by Crippen LogP contribution is 2.24. The summed E-state index contributed by atoms with van der Waals surface area (Å²) in [4.78, 5) is 0. The topological polar surface area (TPSA) is 45.0 Å². The summed E-state index contributed by atoms with van der Waals surface area (Å²) in [7, 11) is 0. The van der Waals surface area contributed by atoms with Crippen molar-refractivity contribution in [3.05, 3.63) is 29.6 Å². The lowest BCUT2D eigenvalue weighted by molar-refractivity contribution is -0.0161. The fraction of sp³-hybridized carbons (Fsp3) is 0.533. The monoisotopic (exact) mass is 262 g/mol. The summed E-state index contributed by atoms with van der Waals surface area (Å²) in [6.07, 6.45) is 1.99. The fourth-order valence-corrected chi connectivity index (χ4v) is 2.35. The molecule has 0 spiro atoms. The van der Waals surface area contributed by atoms with Gasteiger partial charge in [0, 0.05) is 12.6 Å². The van der Waals surface area contributed by atoms with E-state index in [4.69, 9.17) is 10.00 Å². The molecule has 1 N–H and O–H groups in total. The van der Waals surface area contributed by atoms with E-state index in [-0.39, 0.29) is 18.0 Å². The van der Waals surface area contributed by atoms with Gasteiger partial charge in [-0.05, 0) is 37.0 Å². The Kier molecular flexibility index (Phi) is 4.39. The maximum Gasteiger partial charge on any atom is 0.147 e. The van der Waals surface area contributed by atoms with Crippen LogP contribution in [0.5, 0.6) is 0 Å². The van der Waals surface area contributed by atoms with E-state index < -0.39 is 0 Å². The van der Waals surface area contributed by atoms with E-state index in [2.05, 4.69) is 19.2 Å². The third-order valence-electron chi connectivity index (χ3n) is 3.52. The Morgan fingerprint density at radius 1 is 1.47 bits per heavy atom. The molecule has 1 aromatic carbocycles. The van der Waals surface area contributed by atoms with Gasteiger partial charge in [0.2, 0.25) is 0 Å². The lowest BCUT2D eigenvalue weighted by atomic mass is 9.95. The summed E-state index contributed by atoms with van der Waals surface area (Å²) in [6.45, 7) is 4.98. The standard InChI is InChI=1S/C15H19FN2O/c1-10(2)15-8-12(5-6-19-15)18-14-4-3-11(9-17)7-13(14)16/h3-4,7,10,12,15,18H,5-6,8H2,1-2H3. The highest BCUT2D eigenvalue weighted by molar-refractivity contribution is 5.49. The van der Waals surface area contributed by atoms with Crippen LogP contribution in [0.2, 0.25) is 0 Å². The molecule has 1 heterocycles. The van der Waals surface area contributed by atoms with Crippen LogP contribution in [0.15, 0.2) is 18.2 Å². The Morgan fingerprint density at radius 3 is 2.89 bits per heavy atom. The summed E-state index contributed by atoms with van der Waals surface area (Å²) in [5.41, 5.74) is 0.809. The van der Waals surface area contributed by atoms with Crippen LogP contribution in [0.1, 0.15) is 32.3 Å². The van der Waals surface area contributed by atoms with E-state index in [1.54, 1.807) is 12.1 Å². The number of benzene rings is 1. The van der Waals surface area contributed by atoms with Gasteiger partial charge in [0.15, 0.2) is 0 Å². The van der Waals surface area contributed by atoms with Gasteiger partial charge in [0.1, 0.15) is 5.82 Å². The van der Waals surface area contributed by atoms with E-state index in [1.165, 1.54) is 6.07 Å². The number of nitrogens with zero attached hydrogens (tertiary/aromatic N) is 1. The zero-order valence-corrected chi connectivity index (χ0v) is 11.3. The average molecular weight is 262 g/mol. The molecule has 0 aliphatic carbocycles. The molecule has 0 radical (unpaired) electrons. The molecule has 1 aliphatic rings. The number of anilines is 1. The molecule has 102 valence electrons. The molecule has 19 heavy (non-hydrogen) atoms. The van der Waals surface area contributed by atoms with Crippen molar-refractivity contribution in [1.82, 2.24) is 0 Å². The Hall–Kier alpha value is -1.60. The first-order valence-corrected chi connectivity index (χ1v) is 6.68. The smallest absolute Gasteiger partial charge is 0.147 e. The van der Waals surface area contributed by atoms with Crippen molar-refractivity contribution in [2.75, 3.05) is 11.9 Å². The quantitative estimate of drug-likeness (QED) is 0.909. The van der Waals surface area contributed by atoms with Crippen LogP contribution in [0.3, 0.4) is 0 Å². The number of hydrogen-bond donors (Lipinski definition) is 1. The number of rotatable bonds is 3. The Balaban J connectivity index is 2.03. The molecule has 2 unspecified atom stereocenters. The lowest BCUT2D eigenvalue weighted by Gasteiger charge is -2.33. The van der Waals surface area contributed by atoms with E-state index in [1.807, 2.05) is 6.07 Å². The van der Waals surface area contributed by atoms with Crippen LogP contribution >= 0.6 is 0 Å². The van der Waals surface area contributed by atoms with Crippen molar-refractivity contribution >= 4 is 5.69 Å². The predicted octanol–water partition coefficient (Wildman–Crippen LogP) is 3.31. The van der Waals surface area contributed by atoms with E-state index >= 15 is 0 Å². The third kappa shape index (κ3) is 3.45. The highest BCUT2D eigenvalue weighted by Gasteiger charge is 2.25. The van der Waals surface area contributed by atoms with Gasteiger partial charge in [-0.15, -0.1) is 0 Å². The van der Waals surface area contributed by atoms with Crippen LogP contribution in [-0.2, 0) is 4.74 Å². The molecule has 2 rings (SSSR count). The van der Waals surface area contributed by atoms with Crippen molar-refractivity contribution in [2.45, 2.75) is 38.8 Å². The number of ether oxygens (including phenoxy) is 1. The van der Waals surface area contributed by atoms with Gasteiger partial charge in [0.25, 0.3) is 0 Å². The fourth-order valence-electron chi connectivity index (χ4n) is 2.35. The first-order chi connectivity index (χ1) is 9.10. The van der Waals surface area contributed by atoms with Crippen molar-refractivity contribution in [3.8, 4) is 6.07 Å². The second-order valence-electron chi connectivity index (χ2n) is 5.33. The molecular weight excluding hydrogens is 243 g/mol. The minimum Gasteiger partial charge on any atom is -0.380 e. The van der Waals surface area contributed by atoms with Crippen LogP contribution < -0.4 is 5.32 Å². The maximum absolute atomic E-state index is 13.8. The van der Waals surface area contributed by atoms with Crippen LogP contribution in [-0.4, -0.2) is 18.8 Å². The summed E-state index contributed by atoms with van der Waals surface area (Å²) < 4.78 is 19.5.